The van der Waals surface area contributed by atoms with Gasteiger partial charge in [-0.3, -0.25) is 9.52 Å². The Balaban J connectivity index is 1.88. The lowest BCUT2D eigenvalue weighted by molar-refractivity contribution is 0.0526. The minimum atomic E-state index is -4.05. The molecule has 172 valence electrons. The molecule has 1 amide bonds. The van der Waals surface area contributed by atoms with Gasteiger partial charge in [-0.05, 0) is 74.4 Å². The van der Waals surface area contributed by atoms with Gasteiger partial charge in [-0.15, -0.1) is 0 Å². The molecule has 3 aromatic carbocycles. The fraction of sp³-hybridized carbons (Fsp3) is 0.167. The molecular formula is C24H23ClN2O5S. The van der Waals surface area contributed by atoms with Crippen molar-refractivity contribution in [3.05, 3.63) is 87.9 Å². The molecule has 3 rings (SSSR count). The third kappa shape index (κ3) is 5.91. The Hall–Kier alpha value is -3.36. The van der Waals surface area contributed by atoms with Gasteiger partial charge in [0.15, 0.2) is 0 Å². The molecule has 33 heavy (non-hydrogen) atoms. The maximum Gasteiger partial charge on any atom is 0.338 e. The number of nitrogens with one attached hydrogen (secondary N) is 2. The van der Waals surface area contributed by atoms with Gasteiger partial charge < -0.3 is 10.1 Å². The number of hydrogen-bond donors (Lipinski definition) is 2. The van der Waals surface area contributed by atoms with Crippen molar-refractivity contribution in [3.8, 4) is 0 Å². The minimum absolute atomic E-state index is 0.0211. The molecule has 0 unspecified atom stereocenters. The molecule has 0 spiro atoms. The van der Waals surface area contributed by atoms with E-state index in [0.29, 0.717) is 16.9 Å². The number of esters is 1. The predicted octanol–water partition coefficient (Wildman–Crippen LogP) is 5.19. The van der Waals surface area contributed by atoms with Crippen LogP contribution in [0.15, 0.2) is 65.6 Å². The van der Waals surface area contributed by atoms with Crippen LogP contribution in [0.1, 0.15) is 38.8 Å². The minimum Gasteiger partial charge on any atom is -0.462 e. The fourth-order valence-electron chi connectivity index (χ4n) is 3.06. The van der Waals surface area contributed by atoms with Crippen LogP contribution in [0.4, 0.5) is 11.4 Å². The molecule has 9 heteroatoms. The van der Waals surface area contributed by atoms with E-state index in [2.05, 4.69) is 10.0 Å². The predicted molar refractivity (Wildman–Crippen MR) is 129 cm³/mol. The molecule has 0 fully saturated rings. The lowest BCUT2D eigenvalue weighted by Gasteiger charge is -2.13. The van der Waals surface area contributed by atoms with Crippen molar-refractivity contribution >= 4 is 44.9 Å². The Kier molecular flexibility index (Phi) is 7.40. The molecule has 0 saturated heterocycles. The third-order valence-corrected chi connectivity index (χ3v) is 6.61. The van der Waals surface area contributed by atoms with E-state index in [4.69, 9.17) is 16.3 Å². The first-order valence-corrected chi connectivity index (χ1v) is 11.9. The summed E-state index contributed by atoms with van der Waals surface area (Å²) in [6.45, 7) is 5.55. The summed E-state index contributed by atoms with van der Waals surface area (Å²) in [6.07, 6.45) is 0. The number of carbonyl (C=O) groups excluding carboxylic acids is 2. The van der Waals surface area contributed by atoms with Gasteiger partial charge in [0.1, 0.15) is 4.90 Å². The van der Waals surface area contributed by atoms with Gasteiger partial charge in [-0.25, -0.2) is 13.2 Å². The standard InChI is InChI=1S/C24H23ClN2O5S/c1-4-32-24(29)18-9-8-16(3)21(13-18)26-23(28)17-10-11-20(25)22(14-17)33(30,31)27-19-7-5-6-15(2)12-19/h5-14,27H,4H2,1-3H3,(H,26,28). The topological polar surface area (TPSA) is 102 Å². The van der Waals surface area contributed by atoms with Crippen LogP contribution in [0, 0.1) is 13.8 Å². The Morgan fingerprint density at radius 1 is 0.970 bits per heavy atom. The number of aryl methyl sites for hydroxylation is 2. The second-order valence-electron chi connectivity index (χ2n) is 7.32. The second kappa shape index (κ2) is 10.1. The number of amides is 1. The van der Waals surface area contributed by atoms with Crippen molar-refractivity contribution in [2.45, 2.75) is 25.7 Å². The van der Waals surface area contributed by atoms with Crippen LogP contribution < -0.4 is 10.0 Å². The van der Waals surface area contributed by atoms with Crippen LogP contribution in [0.5, 0.6) is 0 Å². The average molecular weight is 487 g/mol. The summed E-state index contributed by atoms with van der Waals surface area (Å²) in [5, 5.41) is 2.69. The number of halogens is 1. The van der Waals surface area contributed by atoms with Crippen LogP contribution in [0.25, 0.3) is 0 Å². The van der Waals surface area contributed by atoms with Crippen molar-refractivity contribution in [3.63, 3.8) is 0 Å². The number of rotatable bonds is 7. The van der Waals surface area contributed by atoms with Crippen molar-refractivity contribution in [1.29, 1.82) is 0 Å². The summed E-state index contributed by atoms with van der Waals surface area (Å²) < 4.78 is 33.3. The van der Waals surface area contributed by atoms with Crippen LogP contribution in [0.2, 0.25) is 5.02 Å². The van der Waals surface area contributed by atoms with Gasteiger partial charge in [0, 0.05) is 16.9 Å². The summed E-state index contributed by atoms with van der Waals surface area (Å²) in [4.78, 5) is 24.7. The molecule has 7 nitrogen and oxygen atoms in total. The summed E-state index contributed by atoms with van der Waals surface area (Å²) in [7, 11) is -4.05. The first kappa shape index (κ1) is 24.3. The normalized spacial score (nSPS) is 11.0. The van der Waals surface area contributed by atoms with Crippen molar-refractivity contribution < 1.29 is 22.7 Å². The van der Waals surface area contributed by atoms with Crippen molar-refractivity contribution in [1.82, 2.24) is 0 Å². The summed E-state index contributed by atoms with van der Waals surface area (Å²) >= 11 is 6.15. The monoisotopic (exact) mass is 486 g/mol. The van der Waals surface area contributed by atoms with E-state index in [1.54, 1.807) is 44.2 Å². The molecule has 0 aromatic heterocycles. The molecular weight excluding hydrogens is 464 g/mol. The van der Waals surface area contributed by atoms with Crippen molar-refractivity contribution in [2.75, 3.05) is 16.6 Å². The van der Waals surface area contributed by atoms with E-state index in [0.717, 1.165) is 11.1 Å². The maximum absolute atomic E-state index is 12.9. The Labute approximate surface area is 197 Å². The maximum atomic E-state index is 12.9. The van der Waals surface area contributed by atoms with Crippen LogP contribution >= 0.6 is 11.6 Å². The highest BCUT2D eigenvalue weighted by Gasteiger charge is 2.21. The highest BCUT2D eigenvalue weighted by Crippen LogP contribution is 2.26. The summed E-state index contributed by atoms with van der Waals surface area (Å²) in [5.41, 5.74) is 2.77. The van der Waals surface area contributed by atoms with Gasteiger partial charge in [0.25, 0.3) is 15.9 Å². The Bertz CT molecular complexity index is 1320. The molecule has 0 aliphatic carbocycles. The fourth-order valence-corrected chi connectivity index (χ4v) is 4.64. The summed E-state index contributed by atoms with van der Waals surface area (Å²) in [5.74, 6) is -1.06. The van der Waals surface area contributed by atoms with E-state index >= 15 is 0 Å². The lowest BCUT2D eigenvalue weighted by atomic mass is 10.1. The third-order valence-electron chi connectivity index (χ3n) is 4.75. The first-order chi connectivity index (χ1) is 15.6. The van der Waals surface area contributed by atoms with Gasteiger partial charge >= 0.3 is 5.97 Å². The largest absolute Gasteiger partial charge is 0.462 e. The molecule has 0 aliphatic heterocycles. The molecule has 0 atom stereocenters. The summed E-state index contributed by atoms with van der Waals surface area (Å²) in [6, 6.07) is 15.7. The number of sulfonamides is 1. The van der Waals surface area contributed by atoms with E-state index in [1.807, 2.05) is 13.0 Å². The van der Waals surface area contributed by atoms with Crippen molar-refractivity contribution in [2.24, 2.45) is 0 Å². The number of carbonyl (C=O) groups is 2. The number of anilines is 2. The average Bonchev–Trinajstić information content (AvgIpc) is 2.75. The van der Waals surface area contributed by atoms with Gasteiger partial charge in [0.2, 0.25) is 0 Å². The van der Waals surface area contributed by atoms with Crippen LogP contribution in [-0.2, 0) is 14.8 Å². The van der Waals surface area contributed by atoms with Crippen LogP contribution in [0.3, 0.4) is 0 Å². The number of hydrogen-bond acceptors (Lipinski definition) is 5. The zero-order valence-electron chi connectivity index (χ0n) is 18.3. The zero-order valence-corrected chi connectivity index (χ0v) is 19.9. The van der Waals surface area contributed by atoms with E-state index in [1.165, 1.54) is 24.3 Å². The SMILES string of the molecule is CCOC(=O)c1ccc(C)c(NC(=O)c2ccc(Cl)c(S(=O)(=O)Nc3cccc(C)c3)c2)c1. The molecule has 0 saturated carbocycles. The van der Waals surface area contributed by atoms with Gasteiger partial charge in [-0.2, -0.15) is 0 Å². The van der Waals surface area contributed by atoms with E-state index in [9.17, 15) is 18.0 Å². The quantitative estimate of drug-likeness (QED) is 0.448. The van der Waals surface area contributed by atoms with Crippen LogP contribution in [-0.4, -0.2) is 26.9 Å². The number of benzene rings is 3. The zero-order chi connectivity index (χ0) is 24.2. The van der Waals surface area contributed by atoms with E-state index in [-0.39, 0.29) is 22.1 Å². The molecule has 0 radical (unpaired) electrons. The highest BCUT2D eigenvalue weighted by molar-refractivity contribution is 7.92. The second-order valence-corrected chi connectivity index (χ2v) is 9.38. The highest BCUT2D eigenvalue weighted by atomic mass is 35.5. The Morgan fingerprint density at radius 3 is 2.39 bits per heavy atom. The molecule has 0 aliphatic rings. The number of ether oxygens (including phenoxy) is 1. The molecule has 2 N–H and O–H groups in total. The molecule has 0 bridgehead atoms. The smallest absolute Gasteiger partial charge is 0.338 e. The van der Waals surface area contributed by atoms with E-state index < -0.39 is 21.9 Å². The molecule has 0 heterocycles. The van der Waals surface area contributed by atoms with Gasteiger partial charge in [0.05, 0.1) is 17.2 Å². The Morgan fingerprint density at radius 2 is 1.70 bits per heavy atom. The first-order valence-electron chi connectivity index (χ1n) is 10.1. The van der Waals surface area contributed by atoms with Gasteiger partial charge in [-0.1, -0.05) is 29.8 Å². The molecule has 3 aromatic rings. The lowest BCUT2D eigenvalue weighted by Crippen LogP contribution is -2.17.